The fraction of sp³-hybridized carbons (Fsp3) is 0.714. The fourth-order valence-electron chi connectivity index (χ4n) is 3.96. The first kappa shape index (κ1) is 21.6. The summed E-state index contributed by atoms with van der Waals surface area (Å²) in [6.45, 7) is 7.31. The zero-order valence-corrected chi connectivity index (χ0v) is 17.8. The highest BCUT2D eigenvalue weighted by Gasteiger charge is 2.43. The minimum absolute atomic E-state index is 0.0492. The maximum absolute atomic E-state index is 6.55. The highest BCUT2D eigenvalue weighted by atomic mass is 28.4. The van der Waals surface area contributed by atoms with Crippen molar-refractivity contribution < 1.29 is 13.3 Å². The van der Waals surface area contributed by atoms with E-state index in [4.69, 9.17) is 19.0 Å². The third-order valence-electron chi connectivity index (χ3n) is 5.39. The second kappa shape index (κ2) is 11.2. The van der Waals surface area contributed by atoms with Gasteiger partial charge in [-0.15, -0.1) is 0 Å². The van der Waals surface area contributed by atoms with Gasteiger partial charge in [0.25, 0.3) is 0 Å². The lowest BCUT2D eigenvalue weighted by Crippen LogP contribution is -2.48. The van der Waals surface area contributed by atoms with Crippen LogP contribution in [0.4, 0.5) is 0 Å². The van der Waals surface area contributed by atoms with Crippen LogP contribution < -0.4 is 5.73 Å². The topological polar surface area (TPSA) is 53.7 Å². The van der Waals surface area contributed by atoms with Crippen molar-refractivity contribution in [2.45, 2.75) is 77.5 Å². The molecule has 2 rings (SSSR count). The first-order valence-electron chi connectivity index (χ1n) is 10.4. The lowest BCUT2D eigenvalue weighted by Gasteiger charge is -2.34. The molecule has 1 aliphatic carbocycles. The predicted molar refractivity (Wildman–Crippen MR) is 109 cm³/mol. The second-order valence-corrected chi connectivity index (χ2v) is 10.00. The lowest BCUT2D eigenvalue weighted by molar-refractivity contribution is 0.0365. The minimum Gasteiger partial charge on any atom is -0.374 e. The van der Waals surface area contributed by atoms with Crippen LogP contribution >= 0.6 is 0 Å². The molecule has 26 heavy (non-hydrogen) atoms. The largest absolute Gasteiger partial charge is 0.501 e. The molecule has 0 aromatic heterocycles. The van der Waals surface area contributed by atoms with Gasteiger partial charge in [0, 0.05) is 25.3 Å². The summed E-state index contributed by atoms with van der Waals surface area (Å²) in [7, 11) is -2.75. The first-order valence-corrected chi connectivity index (χ1v) is 12.3. The highest BCUT2D eigenvalue weighted by Crippen LogP contribution is 2.31. The van der Waals surface area contributed by atoms with E-state index in [1.165, 1.54) is 32.1 Å². The highest BCUT2D eigenvalue weighted by molar-refractivity contribution is 6.60. The average Bonchev–Trinajstić information content (AvgIpc) is 2.68. The van der Waals surface area contributed by atoms with Crippen LogP contribution in [-0.4, -0.2) is 28.1 Å². The van der Waals surface area contributed by atoms with Crippen LogP contribution in [0, 0.1) is 5.92 Å². The van der Waals surface area contributed by atoms with Gasteiger partial charge in [-0.25, -0.2) is 0 Å². The summed E-state index contributed by atoms with van der Waals surface area (Å²) in [5.41, 5.74) is 7.70. The normalized spacial score (nSPS) is 18.6. The molecule has 0 bridgehead atoms. The Morgan fingerprint density at radius 3 is 2.23 bits per heavy atom. The lowest BCUT2D eigenvalue weighted by atomic mass is 9.83. The Morgan fingerprint density at radius 2 is 1.65 bits per heavy atom. The molecule has 1 aromatic carbocycles. The molecule has 1 aromatic rings. The molecular formula is C21H37NO3Si. The van der Waals surface area contributed by atoms with Gasteiger partial charge in [0.2, 0.25) is 0 Å². The van der Waals surface area contributed by atoms with Gasteiger partial charge >= 0.3 is 8.80 Å². The van der Waals surface area contributed by atoms with Crippen molar-refractivity contribution in [3.8, 4) is 0 Å². The molecule has 1 fully saturated rings. The van der Waals surface area contributed by atoms with Crippen molar-refractivity contribution in [1.82, 2.24) is 0 Å². The van der Waals surface area contributed by atoms with Crippen molar-refractivity contribution in [3.05, 3.63) is 35.9 Å². The summed E-state index contributed by atoms with van der Waals surface area (Å²) >= 11 is 0. The van der Waals surface area contributed by atoms with Gasteiger partial charge in [-0.3, -0.25) is 0 Å². The van der Waals surface area contributed by atoms with Crippen LogP contribution in [-0.2, 0) is 13.3 Å². The maximum atomic E-state index is 6.55. The number of nitrogens with two attached hydrogens (primary N) is 1. The summed E-state index contributed by atoms with van der Waals surface area (Å²) in [6.07, 6.45) is 7.39. The van der Waals surface area contributed by atoms with Crippen LogP contribution in [0.15, 0.2) is 30.3 Å². The molecule has 0 aliphatic heterocycles. The Balaban J connectivity index is 2.02. The third kappa shape index (κ3) is 6.46. The van der Waals surface area contributed by atoms with E-state index in [1.807, 2.05) is 32.0 Å². The summed E-state index contributed by atoms with van der Waals surface area (Å²) in [5, 5.41) is 0. The summed E-state index contributed by atoms with van der Waals surface area (Å²) in [6, 6.07) is 11.3. The van der Waals surface area contributed by atoms with Crippen molar-refractivity contribution >= 4 is 8.80 Å². The Kier molecular flexibility index (Phi) is 9.29. The molecule has 0 spiro atoms. The Morgan fingerprint density at radius 1 is 1.04 bits per heavy atom. The van der Waals surface area contributed by atoms with Crippen LogP contribution in [0.3, 0.4) is 0 Å². The van der Waals surface area contributed by atoms with Gasteiger partial charge < -0.3 is 19.0 Å². The molecule has 1 saturated carbocycles. The van der Waals surface area contributed by atoms with Crippen molar-refractivity contribution in [2.24, 2.45) is 11.7 Å². The van der Waals surface area contributed by atoms with Crippen molar-refractivity contribution in [1.29, 1.82) is 0 Å². The molecule has 0 heterocycles. The summed E-state index contributed by atoms with van der Waals surface area (Å²) < 4.78 is 18.8. The zero-order chi connectivity index (χ0) is 18.8. The molecule has 0 saturated heterocycles. The molecule has 2 N–H and O–H groups in total. The van der Waals surface area contributed by atoms with Gasteiger partial charge in [0.05, 0.1) is 6.10 Å². The second-order valence-electron chi connectivity index (χ2n) is 7.32. The van der Waals surface area contributed by atoms with E-state index in [9.17, 15) is 0 Å². The van der Waals surface area contributed by atoms with Crippen molar-refractivity contribution in [2.75, 3.05) is 13.2 Å². The quantitative estimate of drug-likeness (QED) is 0.545. The van der Waals surface area contributed by atoms with E-state index < -0.39 is 8.80 Å². The van der Waals surface area contributed by atoms with Gasteiger partial charge in [0.1, 0.15) is 0 Å². The number of hydrogen-bond acceptors (Lipinski definition) is 4. The van der Waals surface area contributed by atoms with E-state index in [1.54, 1.807) is 0 Å². The zero-order valence-electron chi connectivity index (χ0n) is 16.8. The summed E-state index contributed by atoms with van der Waals surface area (Å²) in [4.78, 5) is 0. The molecule has 5 heteroatoms. The van der Waals surface area contributed by atoms with Gasteiger partial charge in [-0.1, -0.05) is 49.6 Å². The smallest absolute Gasteiger partial charge is 0.374 e. The standard InChI is InChI=1S/C21H37NO3Si/c1-4-23-26(24-5-2,25-18(3)19-12-8-6-9-13-19)17-16-21(22)20-14-10-7-11-15-20/h6,8-9,12-13,18,20-21H,4-5,7,10-11,14-17,22H2,1-3H3. The minimum atomic E-state index is -2.75. The van der Waals surface area contributed by atoms with E-state index in [0.717, 1.165) is 18.0 Å². The number of hydrogen-bond donors (Lipinski definition) is 1. The van der Waals surface area contributed by atoms with Gasteiger partial charge in [-0.05, 0) is 51.5 Å². The summed E-state index contributed by atoms with van der Waals surface area (Å²) in [5.74, 6) is 0.644. The van der Waals surface area contributed by atoms with Crippen molar-refractivity contribution in [3.63, 3.8) is 0 Å². The third-order valence-corrected chi connectivity index (χ3v) is 8.46. The Labute approximate surface area is 160 Å². The van der Waals surface area contributed by atoms with Crippen LogP contribution in [0.2, 0.25) is 6.04 Å². The molecule has 148 valence electrons. The number of benzene rings is 1. The van der Waals surface area contributed by atoms with E-state index in [-0.39, 0.29) is 12.1 Å². The van der Waals surface area contributed by atoms with Crippen LogP contribution in [0.1, 0.15) is 71.0 Å². The van der Waals surface area contributed by atoms with E-state index in [2.05, 4.69) is 19.1 Å². The van der Waals surface area contributed by atoms with E-state index >= 15 is 0 Å². The maximum Gasteiger partial charge on any atom is 0.501 e. The molecular weight excluding hydrogens is 342 g/mol. The average molecular weight is 380 g/mol. The molecule has 4 nitrogen and oxygen atoms in total. The van der Waals surface area contributed by atoms with Gasteiger partial charge in [-0.2, -0.15) is 0 Å². The monoisotopic (exact) mass is 379 g/mol. The van der Waals surface area contributed by atoms with E-state index in [0.29, 0.717) is 19.1 Å². The molecule has 0 amide bonds. The fourth-order valence-corrected chi connectivity index (χ4v) is 6.82. The molecule has 2 unspecified atom stereocenters. The first-order chi connectivity index (χ1) is 12.6. The molecule has 0 radical (unpaired) electrons. The Bertz CT molecular complexity index is 487. The molecule has 1 aliphatic rings. The SMILES string of the molecule is CCO[Si](CCC(N)C1CCCCC1)(OCC)OC(C)c1ccccc1. The Hall–Kier alpha value is -0.723. The van der Waals surface area contributed by atoms with Crippen LogP contribution in [0.5, 0.6) is 0 Å². The predicted octanol–water partition coefficient (Wildman–Crippen LogP) is 5.07. The van der Waals surface area contributed by atoms with Gasteiger partial charge in [0.15, 0.2) is 0 Å². The van der Waals surface area contributed by atoms with Crippen LogP contribution in [0.25, 0.3) is 0 Å². The molecule has 2 atom stereocenters. The number of rotatable bonds is 11.